The molecule has 3 N–H and O–H groups in total. The van der Waals surface area contributed by atoms with E-state index >= 15 is 0 Å². The smallest absolute Gasteiger partial charge is 0.253 e. The van der Waals surface area contributed by atoms with Gasteiger partial charge in [0.25, 0.3) is 5.56 Å². The molecule has 0 saturated heterocycles. The lowest BCUT2D eigenvalue weighted by Crippen LogP contribution is -2.38. The highest BCUT2D eigenvalue weighted by Gasteiger charge is 2.15. The molecule has 0 aliphatic carbocycles. The average molecular weight is 442 g/mol. The zero-order valence-electron chi connectivity index (χ0n) is 17.9. The zero-order chi connectivity index (χ0) is 22.4. The summed E-state index contributed by atoms with van der Waals surface area (Å²) in [4.78, 5) is 17.4. The molecule has 31 heavy (non-hydrogen) atoms. The minimum absolute atomic E-state index is 0.0895. The van der Waals surface area contributed by atoms with E-state index in [0.29, 0.717) is 34.2 Å². The van der Waals surface area contributed by atoms with Gasteiger partial charge in [0.15, 0.2) is 16.6 Å². The van der Waals surface area contributed by atoms with Crippen molar-refractivity contribution < 1.29 is 14.6 Å². The van der Waals surface area contributed by atoms with Crippen molar-refractivity contribution in [2.75, 3.05) is 32.7 Å². The van der Waals surface area contributed by atoms with Gasteiger partial charge in [-0.15, -0.1) is 0 Å². The first-order chi connectivity index (χ1) is 15.0. The van der Waals surface area contributed by atoms with Crippen LogP contribution in [0.15, 0.2) is 47.3 Å². The van der Waals surface area contributed by atoms with E-state index in [1.54, 1.807) is 25.2 Å². The molecule has 0 saturated carbocycles. The molecule has 0 spiro atoms. The second-order valence-electron chi connectivity index (χ2n) is 7.00. The molecular formula is C23H27N3O4S. The highest BCUT2D eigenvalue weighted by molar-refractivity contribution is 7.80. The predicted molar refractivity (Wildman–Crippen MR) is 127 cm³/mol. The van der Waals surface area contributed by atoms with Gasteiger partial charge in [0.1, 0.15) is 0 Å². The van der Waals surface area contributed by atoms with E-state index in [-0.39, 0.29) is 18.7 Å². The van der Waals surface area contributed by atoms with Gasteiger partial charge < -0.3 is 29.8 Å². The minimum Gasteiger partial charge on any atom is -0.493 e. The van der Waals surface area contributed by atoms with E-state index in [1.165, 1.54) is 0 Å². The number of nitrogens with one attached hydrogen (secondary N) is 2. The Labute approximate surface area is 186 Å². The number of methoxy groups -OCH3 is 2. The average Bonchev–Trinajstić information content (AvgIpc) is 2.78. The standard InChI is InChI=1S/C23H27N3O4S/c1-4-15-7-5-6-8-18(15)25-23(31)26(9-10-27)14-17-11-16-12-20(29-2)21(30-3)13-19(16)24-22(17)28/h5-8,11-13,27H,4,9-10,14H2,1-3H3,(H,24,28)(H,25,31). The minimum atomic E-state index is -0.223. The lowest BCUT2D eigenvalue weighted by Gasteiger charge is -2.25. The maximum Gasteiger partial charge on any atom is 0.253 e. The van der Waals surface area contributed by atoms with Gasteiger partial charge in [-0.3, -0.25) is 4.79 Å². The van der Waals surface area contributed by atoms with E-state index in [1.807, 2.05) is 36.4 Å². The largest absolute Gasteiger partial charge is 0.493 e. The first-order valence-electron chi connectivity index (χ1n) is 10.0. The molecule has 0 fully saturated rings. The summed E-state index contributed by atoms with van der Waals surface area (Å²) in [7, 11) is 3.12. The lowest BCUT2D eigenvalue weighted by atomic mass is 10.1. The number of aliphatic hydroxyl groups is 1. The molecule has 2 aromatic carbocycles. The number of aromatic nitrogens is 1. The summed E-state index contributed by atoms with van der Waals surface area (Å²) in [6, 6.07) is 13.3. The normalized spacial score (nSPS) is 10.7. The molecule has 0 radical (unpaired) electrons. The fourth-order valence-corrected chi connectivity index (χ4v) is 3.69. The Kier molecular flexibility index (Phi) is 7.49. The van der Waals surface area contributed by atoms with Crippen molar-refractivity contribution in [3.8, 4) is 11.5 Å². The molecule has 1 aromatic heterocycles. The number of pyridine rings is 1. The Bertz CT molecular complexity index is 1130. The molecule has 0 unspecified atom stereocenters. The number of H-pyrrole nitrogens is 1. The van der Waals surface area contributed by atoms with Crippen molar-refractivity contribution in [1.82, 2.24) is 9.88 Å². The van der Waals surface area contributed by atoms with Gasteiger partial charge in [0.05, 0.1) is 32.9 Å². The molecule has 8 heteroatoms. The number of benzene rings is 2. The molecule has 7 nitrogen and oxygen atoms in total. The van der Waals surface area contributed by atoms with E-state index in [0.717, 1.165) is 23.1 Å². The number of rotatable bonds is 8. The Morgan fingerprint density at radius 3 is 2.52 bits per heavy atom. The number of aliphatic hydroxyl groups excluding tert-OH is 1. The molecule has 3 aromatic rings. The molecule has 1 heterocycles. The van der Waals surface area contributed by atoms with E-state index in [2.05, 4.69) is 17.2 Å². The number of fused-ring (bicyclic) bond motifs is 1. The van der Waals surface area contributed by atoms with Gasteiger partial charge in [0, 0.05) is 29.2 Å². The first kappa shape index (κ1) is 22.6. The van der Waals surface area contributed by atoms with Gasteiger partial charge in [-0.1, -0.05) is 25.1 Å². The number of nitrogens with zero attached hydrogens (tertiary/aromatic N) is 1. The Balaban J connectivity index is 1.90. The van der Waals surface area contributed by atoms with Crippen molar-refractivity contribution in [2.45, 2.75) is 19.9 Å². The quantitative estimate of drug-likeness (QED) is 0.463. The number of thiocarbonyl (C=S) groups is 1. The van der Waals surface area contributed by atoms with Gasteiger partial charge in [-0.2, -0.15) is 0 Å². The maximum atomic E-state index is 12.7. The first-order valence-corrected chi connectivity index (χ1v) is 10.4. The van der Waals surface area contributed by atoms with Crippen LogP contribution in [-0.2, 0) is 13.0 Å². The highest BCUT2D eigenvalue weighted by atomic mass is 32.1. The number of ether oxygens (including phenoxy) is 2. The van der Waals surface area contributed by atoms with Crippen molar-refractivity contribution >= 4 is 33.9 Å². The molecule has 3 rings (SSSR count). The fourth-order valence-electron chi connectivity index (χ4n) is 3.42. The zero-order valence-corrected chi connectivity index (χ0v) is 18.7. The Morgan fingerprint density at radius 2 is 1.84 bits per heavy atom. The Morgan fingerprint density at radius 1 is 1.13 bits per heavy atom. The summed E-state index contributed by atoms with van der Waals surface area (Å²) in [5, 5.41) is 14.1. The summed E-state index contributed by atoms with van der Waals surface area (Å²) < 4.78 is 10.7. The van der Waals surface area contributed by atoms with Gasteiger partial charge in [0.2, 0.25) is 0 Å². The van der Waals surface area contributed by atoms with Crippen LogP contribution in [0.3, 0.4) is 0 Å². The summed E-state index contributed by atoms with van der Waals surface area (Å²) in [5.41, 5.74) is 3.01. The van der Waals surface area contributed by atoms with Crippen molar-refractivity contribution in [3.05, 3.63) is 63.9 Å². The molecule has 0 aliphatic heterocycles. The number of aryl methyl sites for hydroxylation is 1. The van der Waals surface area contributed by atoms with Crippen molar-refractivity contribution in [2.24, 2.45) is 0 Å². The third kappa shape index (κ3) is 5.15. The SMILES string of the molecule is CCc1ccccc1NC(=S)N(CCO)Cc1cc2cc(OC)c(OC)cc2[nH]c1=O. The molecule has 0 aliphatic rings. The van der Waals surface area contributed by atoms with Crippen LogP contribution in [0, 0.1) is 0 Å². The van der Waals surface area contributed by atoms with E-state index < -0.39 is 0 Å². The maximum absolute atomic E-state index is 12.7. The molecule has 164 valence electrons. The lowest BCUT2D eigenvalue weighted by molar-refractivity contribution is 0.248. The van der Waals surface area contributed by atoms with Crippen LogP contribution >= 0.6 is 12.2 Å². The number of aromatic amines is 1. The monoisotopic (exact) mass is 441 g/mol. The number of para-hydroxylation sites is 1. The third-order valence-electron chi connectivity index (χ3n) is 5.08. The number of hydrogen-bond acceptors (Lipinski definition) is 5. The van der Waals surface area contributed by atoms with Crippen LogP contribution in [0.25, 0.3) is 10.9 Å². The molecule has 0 atom stereocenters. The summed E-state index contributed by atoms with van der Waals surface area (Å²) in [5.74, 6) is 1.12. The van der Waals surface area contributed by atoms with Gasteiger partial charge in [-0.05, 0) is 42.4 Å². The van der Waals surface area contributed by atoms with Crippen molar-refractivity contribution in [1.29, 1.82) is 0 Å². The van der Waals surface area contributed by atoms with Crippen LogP contribution in [0.4, 0.5) is 5.69 Å². The second kappa shape index (κ2) is 10.3. The molecule has 0 bridgehead atoms. The highest BCUT2D eigenvalue weighted by Crippen LogP contribution is 2.31. The second-order valence-corrected chi connectivity index (χ2v) is 7.39. The number of anilines is 1. The van der Waals surface area contributed by atoms with Crippen LogP contribution in [0.5, 0.6) is 11.5 Å². The van der Waals surface area contributed by atoms with Gasteiger partial charge >= 0.3 is 0 Å². The van der Waals surface area contributed by atoms with Crippen molar-refractivity contribution in [3.63, 3.8) is 0 Å². The topological polar surface area (TPSA) is 86.8 Å². The molecular weight excluding hydrogens is 414 g/mol. The predicted octanol–water partition coefficient (Wildman–Crippen LogP) is 3.30. The van der Waals surface area contributed by atoms with Crippen LogP contribution in [-0.4, -0.2) is 47.5 Å². The van der Waals surface area contributed by atoms with Crippen LogP contribution < -0.4 is 20.3 Å². The van der Waals surface area contributed by atoms with E-state index in [4.69, 9.17) is 21.7 Å². The van der Waals surface area contributed by atoms with E-state index in [9.17, 15) is 9.90 Å². The number of hydrogen-bond donors (Lipinski definition) is 3. The fraction of sp³-hybridized carbons (Fsp3) is 0.304. The summed E-state index contributed by atoms with van der Waals surface area (Å²) in [6.07, 6.45) is 0.863. The third-order valence-corrected chi connectivity index (χ3v) is 5.44. The van der Waals surface area contributed by atoms with Crippen LogP contribution in [0.2, 0.25) is 0 Å². The van der Waals surface area contributed by atoms with Crippen LogP contribution in [0.1, 0.15) is 18.1 Å². The Hall–Kier alpha value is -3.10. The summed E-state index contributed by atoms with van der Waals surface area (Å²) in [6.45, 7) is 2.53. The summed E-state index contributed by atoms with van der Waals surface area (Å²) >= 11 is 5.60. The van der Waals surface area contributed by atoms with Gasteiger partial charge in [-0.25, -0.2) is 0 Å². The molecule has 0 amide bonds.